The van der Waals surface area contributed by atoms with Crippen LogP contribution in [0.4, 0.5) is 8.78 Å². The van der Waals surface area contributed by atoms with Crippen molar-refractivity contribution < 1.29 is 18.3 Å². The highest BCUT2D eigenvalue weighted by atomic mass is 32.1. The molecular weight excluding hydrogens is 370 g/mol. The molecule has 0 saturated heterocycles. The average Bonchev–Trinajstić information content (AvgIpc) is 3.23. The summed E-state index contributed by atoms with van der Waals surface area (Å²) in [5.74, 6) is 0.0531. The van der Waals surface area contributed by atoms with Gasteiger partial charge in [-0.2, -0.15) is 0 Å². The van der Waals surface area contributed by atoms with E-state index in [1.165, 1.54) is 36.6 Å². The van der Waals surface area contributed by atoms with Crippen LogP contribution in [0.25, 0.3) is 31.7 Å². The molecule has 1 aliphatic heterocycles. The van der Waals surface area contributed by atoms with Gasteiger partial charge in [-0.05, 0) is 25.1 Å². The number of halogens is 2. The molecule has 0 radical (unpaired) electrons. The van der Waals surface area contributed by atoms with Crippen LogP contribution < -0.4 is 9.47 Å². The van der Waals surface area contributed by atoms with Crippen molar-refractivity contribution in [2.75, 3.05) is 7.11 Å². The van der Waals surface area contributed by atoms with Gasteiger partial charge in [0.25, 0.3) is 0 Å². The van der Waals surface area contributed by atoms with Gasteiger partial charge < -0.3 is 9.47 Å². The highest BCUT2D eigenvalue weighted by Gasteiger charge is 2.27. The molecule has 0 fully saturated rings. The van der Waals surface area contributed by atoms with Gasteiger partial charge in [-0.3, -0.25) is 4.98 Å². The van der Waals surface area contributed by atoms with Gasteiger partial charge in [-0.1, -0.05) is 0 Å². The largest absolute Gasteiger partial charge is 0.495 e. The SMILES string of the molecule is COc1cnc2c(-c3nc4cc(F)c5c(c4s3)C[C@@H](C)O5)cc(F)cc2c1. The molecule has 0 spiro atoms. The highest BCUT2D eigenvalue weighted by Crippen LogP contribution is 2.43. The summed E-state index contributed by atoms with van der Waals surface area (Å²) in [5, 5.41) is 1.22. The lowest BCUT2D eigenvalue weighted by Gasteiger charge is -2.06. The predicted octanol–water partition coefficient (Wildman–Crippen LogP) is 5.12. The van der Waals surface area contributed by atoms with Crippen LogP contribution in [0.5, 0.6) is 11.5 Å². The van der Waals surface area contributed by atoms with Crippen LogP contribution in [-0.2, 0) is 6.42 Å². The second-order valence-corrected chi connectivity index (χ2v) is 7.57. The molecule has 136 valence electrons. The van der Waals surface area contributed by atoms with Crippen LogP contribution in [0.15, 0.2) is 30.5 Å². The molecule has 2 aromatic heterocycles. The van der Waals surface area contributed by atoms with E-state index in [9.17, 15) is 8.78 Å². The second kappa shape index (κ2) is 5.85. The van der Waals surface area contributed by atoms with Gasteiger partial charge in [0.05, 0.1) is 29.0 Å². The number of benzene rings is 2. The minimum atomic E-state index is -0.411. The first-order valence-electron chi connectivity index (χ1n) is 8.45. The highest BCUT2D eigenvalue weighted by molar-refractivity contribution is 7.22. The second-order valence-electron chi connectivity index (χ2n) is 6.57. The maximum atomic E-state index is 14.4. The van der Waals surface area contributed by atoms with Crippen molar-refractivity contribution in [2.45, 2.75) is 19.4 Å². The first kappa shape index (κ1) is 16.4. The molecule has 0 bridgehead atoms. The predicted molar refractivity (Wildman–Crippen MR) is 101 cm³/mol. The van der Waals surface area contributed by atoms with Crippen LogP contribution in [0.2, 0.25) is 0 Å². The first-order chi connectivity index (χ1) is 13.0. The lowest BCUT2D eigenvalue weighted by Crippen LogP contribution is -2.05. The van der Waals surface area contributed by atoms with Gasteiger partial charge >= 0.3 is 0 Å². The van der Waals surface area contributed by atoms with Gasteiger partial charge in [0.15, 0.2) is 11.6 Å². The summed E-state index contributed by atoms with van der Waals surface area (Å²) in [6, 6.07) is 5.93. The third-order valence-corrected chi connectivity index (χ3v) is 5.85. The molecule has 4 aromatic rings. The smallest absolute Gasteiger partial charge is 0.167 e. The molecule has 1 atom stereocenters. The van der Waals surface area contributed by atoms with E-state index in [4.69, 9.17) is 9.47 Å². The zero-order chi connectivity index (χ0) is 18.7. The summed E-state index contributed by atoms with van der Waals surface area (Å²) >= 11 is 1.40. The Bertz CT molecular complexity index is 1220. The van der Waals surface area contributed by atoms with Crippen LogP contribution in [0.1, 0.15) is 12.5 Å². The van der Waals surface area contributed by atoms with Crippen LogP contribution in [-0.4, -0.2) is 23.2 Å². The maximum absolute atomic E-state index is 14.4. The van der Waals surface area contributed by atoms with Gasteiger partial charge in [-0.15, -0.1) is 11.3 Å². The minimum absolute atomic E-state index is 0.0743. The van der Waals surface area contributed by atoms with Gasteiger partial charge in [0, 0.05) is 29.0 Å². The number of hydrogen-bond acceptors (Lipinski definition) is 5. The Labute approximate surface area is 157 Å². The average molecular weight is 384 g/mol. The van der Waals surface area contributed by atoms with Crippen LogP contribution in [0, 0.1) is 11.6 Å². The summed E-state index contributed by atoms with van der Waals surface area (Å²) in [6.07, 6.45) is 2.14. The zero-order valence-corrected chi connectivity index (χ0v) is 15.4. The van der Waals surface area contributed by atoms with E-state index < -0.39 is 5.82 Å². The fraction of sp³-hybridized carbons (Fsp3) is 0.200. The fourth-order valence-corrected chi connectivity index (χ4v) is 4.62. The fourth-order valence-electron chi connectivity index (χ4n) is 3.50. The molecular formula is C20H14F2N2O2S. The van der Waals surface area contributed by atoms with Crippen molar-refractivity contribution in [2.24, 2.45) is 0 Å². The Hall–Kier alpha value is -2.80. The summed E-state index contributed by atoms with van der Waals surface area (Å²) in [5.41, 5.74) is 2.58. The summed E-state index contributed by atoms with van der Waals surface area (Å²) < 4.78 is 40.2. The lowest BCUT2D eigenvalue weighted by molar-refractivity contribution is 0.245. The van der Waals surface area contributed by atoms with E-state index in [1.54, 1.807) is 12.3 Å². The van der Waals surface area contributed by atoms with Crippen LogP contribution in [0.3, 0.4) is 0 Å². The standard InChI is InChI=1S/C20H14F2N2O2S/c1-9-3-14-18(26-9)15(22)7-16-19(14)27-20(24-16)13-6-11(21)4-10-5-12(25-2)8-23-17(10)13/h4-9H,3H2,1-2H3/t9-/m1/s1. The Kier molecular flexibility index (Phi) is 3.55. The number of rotatable bonds is 2. The van der Waals surface area contributed by atoms with Crippen molar-refractivity contribution in [1.29, 1.82) is 0 Å². The summed E-state index contributed by atoms with van der Waals surface area (Å²) in [7, 11) is 1.54. The topological polar surface area (TPSA) is 44.2 Å². The molecule has 5 rings (SSSR count). The normalized spacial score (nSPS) is 15.9. The molecule has 4 nitrogen and oxygen atoms in total. The Balaban J connectivity index is 1.76. The molecule has 0 saturated carbocycles. The van der Waals surface area contributed by atoms with Crippen molar-refractivity contribution >= 4 is 32.5 Å². The van der Waals surface area contributed by atoms with Crippen molar-refractivity contribution in [1.82, 2.24) is 9.97 Å². The van der Waals surface area contributed by atoms with Crippen molar-refractivity contribution in [3.63, 3.8) is 0 Å². The van der Waals surface area contributed by atoms with E-state index in [0.29, 0.717) is 44.9 Å². The monoisotopic (exact) mass is 384 g/mol. The number of hydrogen-bond donors (Lipinski definition) is 0. The van der Waals surface area contributed by atoms with E-state index >= 15 is 0 Å². The summed E-state index contributed by atoms with van der Waals surface area (Å²) in [6.45, 7) is 1.91. The van der Waals surface area contributed by atoms with E-state index in [0.717, 1.165) is 10.3 Å². The molecule has 2 aromatic carbocycles. The Morgan fingerprint density at radius 2 is 2.07 bits per heavy atom. The minimum Gasteiger partial charge on any atom is -0.495 e. The van der Waals surface area contributed by atoms with Crippen molar-refractivity contribution in [3.8, 4) is 22.1 Å². The Morgan fingerprint density at radius 3 is 2.89 bits per heavy atom. The number of pyridine rings is 1. The zero-order valence-electron chi connectivity index (χ0n) is 14.5. The number of ether oxygens (including phenoxy) is 2. The number of nitrogens with zero attached hydrogens (tertiary/aromatic N) is 2. The quantitative estimate of drug-likeness (QED) is 0.481. The first-order valence-corrected chi connectivity index (χ1v) is 9.27. The number of fused-ring (bicyclic) bond motifs is 4. The molecule has 0 aliphatic carbocycles. The van der Waals surface area contributed by atoms with Crippen LogP contribution >= 0.6 is 11.3 Å². The number of methoxy groups -OCH3 is 1. The molecule has 3 heterocycles. The lowest BCUT2D eigenvalue weighted by atomic mass is 10.1. The van der Waals surface area contributed by atoms with E-state index in [2.05, 4.69) is 9.97 Å². The number of aromatic nitrogens is 2. The Morgan fingerprint density at radius 1 is 1.22 bits per heavy atom. The molecule has 0 N–H and O–H groups in total. The third-order valence-electron chi connectivity index (χ3n) is 4.68. The van der Waals surface area contributed by atoms with Gasteiger partial charge in [0.2, 0.25) is 0 Å². The molecule has 1 aliphatic rings. The van der Waals surface area contributed by atoms with E-state index in [-0.39, 0.29) is 11.9 Å². The third kappa shape index (κ3) is 2.53. The van der Waals surface area contributed by atoms with E-state index in [1.807, 2.05) is 6.92 Å². The molecule has 0 unspecified atom stereocenters. The molecule has 27 heavy (non-hydrogen) atoms. The van der Waals surface area contributed by atoms with Gasteiger partial charge in [-0.25, -0.2) is 13.8 Å². The van der Waals surface area contributed by atoms with Gasteiger partial charge in [0.1, 0.15) is 22.7 Å². The maximum Gasteiger partial charge on any atom is 0.167 e. The number of thiazole rings is 1. The van der Waals surface area contributed by atoms with Crippen molar-refractivity contribution in [3.05, 3.63) is 47.7 Å². The summed E-state index contributed by atoms with van der Waals surface area (Å²) in [4.78, 5) is 8.98. The molecule has 0 amide bonds. The molecule has 7 heteroatoms.